The maximum Gasteiger partial charge on any atom is 0.189 e. The van der Waals surface area contributed by atoms with Crippen LogP contribution in [0.1, 0.15) is 21.5 Å². The van der Waals surface area contributed by atoms with Gasteiger partial charge in [-0.2, -0.15) is 0 Å². The number of rotatable bonds is 4. The van der Waals surface area contributed by atoms with Gasteiger partial charge in [0.25, 0.3) is 0 Å². The second-order valence-electron chi connectivity index (χ2n) is 5.30. The number of aryl methyl sites for hydroxylation is 1. The van der Waals surface area contributed by atoms with Crippen molar-refractivity contribution < 1.29 is 19.0 Å². The maximum absolute atomic E-state index is 12.4. The van der Waals surface area contributed by atoms with Crippen LogP contribution in [0.25, 0.3) is 6.08 Å². The van der Waals surface area contributed by atoms with E-state index in [2.05, 4.69) is 0 Å². The Kier molecular flexibility index (Phi) is 4.33. The van der Waals surface area contributed by atoms with Gasteiger partial charge in [-0.25, -0.2) is 0 Å². The van der Waals surface area contributed by atoms with Crippen LogP contribution >= 0.6 is 0 Å². The minimum absolute atomic E-state index is 0.100. The summed E-state index contributed by atoms with van der Waals surface area (Å²) in [6.45, 7) is 3.06. The summed E-state index contributed by atoms with van der Waals surface area (Å²) < 4.78 is 16.3. The van der Waals surface area contributed by atoms with Crippen molar-refractivity contribution in [3.8, 4) is 17.2 Å². The summed E-state index contributed by atoms with van der Waals surface area (Å²) in [6.07, 6.45) is 3.30. The van der Waals surface area contributed by atoms with Gasteiger partial charge in [0.2, 0.25) is 0 Å². The van der Waals surface area contributed by atoms with Gasteiger partial charge in [-0.15, -0.1) is 0 Å². The molecular formula is C19H18O4. The fourth-order valence-corrected chi connectivity index (χ4v) is 2.43. The third-order valence-corrected chi connectivity index (χ3v) is 3.62. The van der Waals surface area contributed by atoms with E-state index in [1.807, 2.05) is 37.3 Å². The van der Waals surface area contributed by atoms with E-state index < -0.39 is 0 Å². The number of hydrogen-bond donors (Lipinski definition) is 0. The molecule has 1 heterocycles. The van der Waals surface area contributed by atoms with Crippen molar-refractivity contribution in [1.29, 1.82) is 0 Å². The zero-order chi connectivity index (χ0) is 16.2. The van der Waals surface area contributed by atoms with E-state index in [4.69, 9.17) is 14.2 Å². The molecular weight excluding hydrogens is 292 g/mol. The highest BCUT2D eigenvalue weighted by atomic mass is 16.6. The predicted molar refractivity (Wildman–Crippen MR) is 88.5 cm³/mol. The van der Waals surface area contributed by atoms with Crippen LogP contribution in [0.15, 0.2) is 42.5 Å². The highest BCUT2D eigenvalue weighted by Crippen LogP contribution is 2.31. The molecule has 118 valence electrons. The molecule has 0 spiro atoms. The molecule has 0 saturated carbocycles. The summed E-state index contributed by atoms with van der Waals surface area (Å²) in [4.78, 5) is 12.4. The molecule has 4 nitrogen and oxygen atoms in total. The molecule has 2 aromatic carbocycles. The van der Waals surface area contributed by atoms with Crippen LogP contribution in [0.2, 0.25) is 0 Å². The van der Waals surface area contributed by atoms with Gasteiger partial charge in [0, 0.05) is 0 Å². The molecule has 2 aromatic rings. The smallest absolute Gasteiger partial charge is 0.189 e. The topological polar surface area (TPSA) is 44.8 Å². The first-order valence-corrected chi connectivity index (χ1v) is 7.44. The molecule has 0 saturated heterocycles. The Morgan fingerprint density at radius 1 is 1.09 bits per heavy atom. The van der Waals surface area contributed by atoms with Gasteiger partial charge in [-0.05, 0) is 48.4 Å². The van der Waals surface area contributed by atoms with Crippen LogP contribution in [-0.2, 0) is 0 Å². The Labute approximate surface area is 135 Å². The number of fused-ring (bicyclic) bond motifs is 1. The number of ether oxygens (including phenoxy) is 3. The zero-order valence-corrected chi connectivity index (χ0v) is 13.2. The second-order valence-corrected chi connectivity index (χ2v) is 5.30. The molecule has 0 atom stereocenters. The van der Waals surface area contributed by atoms with Crippen molar-refractivity contribution in [2.75, 3.05) is 20.3 Å². The standard InChI is InChI=1S/C19H18O4/c1-13-3-6-15(18(11-13)21-2)16(20)7-4-14-5-8-17-19(12-14)23-10-9-22-17/h3-8,11-12H,9-10H2,1-2H3/b7-4+. The van der Waals surface area contributed by atoms with Crippen molar-refractivity contribution in [1.82, 2.24) is 0 Å². The molecule has 0 fully saturated rings. The highest BCUT2D eigenvalue weighted by Gasteiger charge is 2.12. The van der Waals surface area contributed by atoms with Crippen LogP contribution in [0, 0.1) is 6.92 Å². The number of methoxy groups -OCH3 is 1. The first kappa shape index (κ1) is 15.2. The van der Waals surface area contributed by atoms with Crippen LogP contribution in [0.4, 0.5) is 0 Å². The quantitative estimate of drug-likeness (QED) is 0.638. The average Bonchev–Trinajstić information content (AvgIpc) is 2.59. The Balaban J connectivity index is 1.81. The zero-order valence-electron chi connectivity index (χ0n) is 13.2. The van der Waals surface area contributed by atoms with Crippen LogP contribution in [0.3, 0.4) is 0 Å². The Hall–Kier alpha value is -2.75. The van der Waals surface area contributed by atoms with E-state index in [0.29, 0.717) is 30.3 Å². The van der Waals surface area contributed by atoms with Gasteiger partial charge in [0.15, 0.2) is 17.3 Å². The van der Waals surface area contributed by atoms with Gasteiger partial charge >= 0.3 is 0 Å². The fourth-order valence-electron chi connectivity index (χ4n) is 2.43. The van der Waals surface area contributed by atoms with Gasteiger partial charge in [0.05, 0.1) is 12.7 Å². The number of carbonyl (C=O) groups excluding carboxylic acids is 1. The summed E-state index contributed by atoms with van der Waals surface area (Å²) in [7, 11) is 1.57. The summed E-state index contributed by atoms with van der Waals surface area (Å²) in [5.74, 6) is 1.93. The predicted octanol–water partition coefficient (Wildman–Crippen LogP) is 3.67. The van der Waals surface area contributed by atoms with Crippen LogP contribution < -0.4 is 14.2 Å². The van der Waals surface area contributed by atoms with E-state index in [0.717, 1.165) is 16.9 Å². The lowest BCUT2D eigenvalue weighted by Crippen LogP contribution is -2.15. The van der Waals surface area contributed by atoms with E-state index in [1.165, 1.54) is 0 Å². The molecule has 0 amide bonds. The first-order chi connectivity index (χ1) is 11.2. The lowest BCUT2D eigenvalue weighted by molar-refractivity contribution is 0.104. The minimum Gasteiger partial charge on any atom is -0.496 e. The summed E-state index contributed by atoms with van der Waals surface area (Å²) >= 11 is 0. The molecule has 0 unspecified atom stereocenters. The van der Waals surface area contributed by atoms with E-state index in [-0.39, 0.29) is 5.78 Å². The summed E-state index contributed by atoms with van der Waals surface area (Å²) in [5, 5.41) is 0. The van der Waals surface area contributed by atoms with Gasteiger partial charge in [-0.1, -0.05) is 18.2 Å². The molecule has 4 heteroatoms. The van der Waals surface area contributed by atoms with Gasteiger partial charge in [-0.3, -0.25) is 4.79 Å². The van der Waals surface area contributed by atoms with E-state index in [9.17, 15) is 4.79 Å². The third kappa shape index (κ3) is 3.37. The van der Waals surface area contributed by atoms with Crippen molar-refractivity contribution in [2.45, 2.75) is 6.92 Å². The molecule has 0 radical (unpaired) electrons. The molecule has 0 N–H and O–H groups in total. The average molecular weight is 310 g/mol. The fraction of sp³-hybridized carbons (Fsp3) is 0.211. The van der Waals surface area contributed by atoms with Crippen molar-refractivity contribution >= 4 is 11.9 Å². The molecule has 3 rings (SSSR count). The summed E-state index contributed by atoms with van der Waals surface area (Å²) in [6, 6.07) is 11.1. The number of hydrogen-bond acceptors (Lipinski definition) is 4. The Morgan fingerprint density at radius 3 is 2.65 bits per heavy atom. The first-order valence-electron chi connectivity index (χ1n) is 7.44. The third-order valence-electron chi connectivity index (χ3n) is 3.62. The number of benzene rings is 2. The van der Waals surface area contributed by atoms with Crippen molar-refractivity contribution in [2.24, 2.45) is 0 Å². The molecule has 0 aromatic heterocycles. The number of carbonyl (C=O) groups is 1. The molecule has 23 heavy (non-hydrogen) atoms. The SMILES string of the molecule is COc1cc(C)ccc1C(=O)/C=C/c1ccc2c(c1)OCCO2. The van der Waals surface area contributed by atoms with E-state index >= 15 is 0 Å². The Morgan fingerprint density at radius 2 is 1.87 bits per heavy atom. The van der Waals surface area contributed by atoms with Gasteiger partial charge < -0.3 is 14.2 Å². The van der Waals surface area contributed by atoms with Crippen molar-refractivity contribution in [3.63, 3.8) is 0 Å². The normalized spacial score (nSPS) is 13.1. The van der Waals surface area contributed by atoms with Crippen molar-refractivity contribution in [3.05, 3.63) is 59.2 Å². The molecule has 1 aliphatic rings. The lowest BCUT2D eigenvalue weighted by atomic mass is 10.1. The summed E-state index contributed by atoms with van der Waals surface area (Å²) in [5.41, 5.74) is 2.48. The molecule has 0 bridgehead atoms. The minimum atomic E-state index is -0.100. The molecule has 1 aliphatic heterocycles. The van der Waals surface area contributed by atoms with E-state index in [1.54, 1.807) is 25.3 Å². The second kappa shape index (κ2) is 6.57. The molecule has 0 aliphatic carbocycles. The maximum atomic E-state index is 12.4. The number of allylic oxidation sites excluding steroid dienone is 1. The van der Waals surface area contributed by atoms with Gasteiger partial charge in [0.1, 0.15) is 19.0 Å². The highest BCUT2D eigenvalue weighted by molar-refractivity contribution is 6.08. The van der Waals surface area contributed by atoms with Crippen LogP contribution in [-0.4, -0.2) is 26.1 Å². The number of ketones is 1. The largest absolute Gasteiger partial charge is 0.496 e. The lowest BCUT2D eigenvalue weighted by Gasteiger charge is -2.18. The Bertz CT molecular complexity index is 762. The van der Waals surface area contributed by atoms with Crippen LogP contribution in [0.5, 0.6) is 17.2 Å². The monoisotopic (exact) mass is 310 g/mol.